The molecule has 2 aromatic carbocycles. The van der Waals surface area contributed by atoms with E-state index < -0.39 is 23.4 Å². The molecule has 4 rings (SSSR count). The number of amides is 1. The minimum Gasteiger partial charge on any atom is -0.448 e. The highest BCUT2D eigenvalue weighted by Gasteiger charge is 2.39. The largest absolute Gasteiger partial charge is 0.448 e. The standard InChI is InChI=1S/C26H33NO7S/c1-26(2,3)33-15-14-30-12-13-31-16-19-17-34-35(29)27(19)25(28)32-18-24-22-10-6-4-8-20(22)21-9-5-7-11-23(21)24/h4-11,19,24H,12-18H2,1-3H3/t19-,35?/m0/s1. The summed E-state index contributed by atoms with van der Waals surface area (Å²) in [5, 5.41) is 0. The molecule has 190 valence electrons. The van der Waals surface area contributed by atoms with Gasteiger partial charge in [-0.25, -0.2) is 9.00 Å². The van der Waals surface area contributed by atoms with E-state index in [-0.39, 0.29) is 31.3 Å². The van der Waals surface area contributed by atoms with Crippen LogP contribution in [-0.2, 0) is 34.4 Å². The Bertz CT molecular complexity index is 993. The van der Waals surface area contributed by atoms with Gasteiger partial charge in [0.15, 0.2) is 0 Å². The Hall–Kier alpha value is -2.30. The van der Waals surface area contributed by atoms with E-state index in [0.29, 0.717) is 26.4 Å². The molecule has 0 aromatic heterocycles. The number of carbonyl (C=O) groups excluding carboxylic acids is 1. The van der Waals surface area contributed by atoms with E-state index in [4.69, 9.17) is 23.1 Å². The Balaban J connectivity index is 1.25. The van der Waals surface area contributed by atoms with Gasteiger partial charge in [-0.1, -0.05) is 48.5 Å². The lowest BCUT2D eigenvalue weighted by Crippen LogP contribution is -2.40. The minimum absolute atomic E-state index is 0.0718. The Labute approximate surface area is 209 Å². The molecule has 1 fully saturated rings. The van der Waals surface area contributed by atoms with Gasteiger partial charge in [0.1, 0.15) is 6.61 Å². The highest BCUT2D eigenvalue weighted by Crippen LogP contribution is 2.44. The molecular formula is C26H33NO7S. The number of carbonyl (C=O) groups is 1. The van der Waals surface area contributed by atoms with Crippen LogP contribution in [0.15, 0.2) is 48.5 Å². The van der Waals surface area contributed by atoms with Crippen LogP contribution in [0.3, 0.4) is 0 Å². The van der Waals surface area contributed by atoms with Crippen LogP contribution in [0.2, 0.25) is 0 Å². The first kappa shape index (κ1) is 25.8. The summed E-state index contributed by atoms with van der Waals surface area (Å²) >= 11 is -1.90. The van der Waals surface area contributed by atoms with Crippen LogP contribution in [0.1, 0.15) is 37.8 Å². The summed E-state index contributed by atoms with van der Waals surface area (Å²) in [6.07, 6.45) is -0.674. The highest BCUT2D eigenvalue weighted by atomic mass is 32.2. The predicted molar refractivity (Wildman–Crippen MR) is 132 cm³/mol. The summed E-state index contributed by atoms with van der Waals surface area (Å²) in [5.41, 5.74) is 4.34. The summed E-state index contributed by atoms with van der Waals surface area (Å²) in [7, 11) is 0. The lowest BCUT2D eigenvalue weighted by Gasteiger charge is -2.21. The monoisotopic (exact) mass is 503 g/mol. The van der Waals surface area contributed by atoms with Crippen LogP contribution in [-0.4, -0.2) is 72.5 Å². The number of nitrogens with zero attached hydrogens (tertiary/aromatic N) is 1. The average Bonchev–Trinajstić information content (AvgIpc) is 3.36. The van der Waals surface area contributed by atoms with Crippen molar-refractivity contribution in [3.8, 4) is 11.1 Å². The second kappa shape index (κ2) is 11.6. The smallest absolute Gasteiger partial charge is 0.423 e. The Morgan fingerprint density at radius 1 is 0.943 bits per heavy atom. The number of benzene rings is 2. The van der Waals surface area contributed by atoms with E-state index in [0.717, 1.165) is 26.6 Å². The maximum absolute atomic E-state index is 12.9. The van der Waals surface area contributed by atoms with Crippen LogP contribution in [0.25, 0.3) is 11.1 Å². The first-order valence-corrected chi connectivity index (χ1v) is 12.9. The van der Waals surface area contributed by atoms with Crippen molar-refractivity contribution < 1.29 is 32.1 Å². The van der Waals surface area contributed by atoms with Crippen molar-refractivity contribution in [2.75, 3.05) is 46.2 Å². The number of ether oxygens (including phenoxy) is 4. The molecule has 0 N–H and O–H groups in total. The maximum atomic E-state index is 12.9. The Morgan fingerprint density at radius 3 is 2.20 bits per heavy atom. The molecule has 1 heterocycles. The molecule has 2 aliphatic rings. The molecule has 1 aliphatic heterocycles. The summed E-state index contributed by atoms with van der Waals surface area (Å²) in [4.78, 5) is 12.9. The average molecular weight is 504 g/mol. The minimum atomic E-state index is -1.90. The molecule has 2 atom stereocenters. The van der Waals surface area contributed by atoms with E-state index in [1.165, 1.54) is 0 Å². The second-order valence-corrected chi connectivity index (χ2v) is 10.5. The first-order chi connectivity index (χ1) is 16.8. The molecule has 1 aliphatic carbocycles. The van der Waals surface area contributed by atoms with Gasteiger partial charge in [0.25, 0.3) is 11.3 Å². The molecule has 9 heteroatoms. The zero-order valence-electron chi connectivity index (χ0n) is 20.4. The fraction of sp³-hybridized carbons (Fsp3) is 0.500. The normalized spacial score (nSPS) is 19.6. The van der Waals surface area contributed by atoms with E-state index in [9.17, 15) is 9.00 Å². The molecule has 0 bridgehead atoms. The van der Waals surface area contributed by atoms with Crippen molar-refractivity contribution in [2.45, 2.75) is 38.3 Å². The van der Waals surface area contributed by atoms with Gasteiger partial charge in [-0.3, -0.25) is 4.18 Å². The third kappa shape index (κ3) is 6.48. The molecule has 0 saturated carbocycles. The van der Waals surface area contributed by atoms with Gasteiger partial charge in [-0.15, -0.1) is 0 Å². The van der Waals surface area contributed by atoms with Gasteiger partial charge in [0, 0.05) is 5.92 Å². The van der Waals surface area contributed by atoms with Gasteiger partial charge in [-0.2, -0.15) is 4.31 Å². The summed E-state index contributed by atoms with van der Waals surface area (Å²) in [5.74, 6) is -0.0718. The molecule has 1 saturated heterocycles. The number of rotatable bonds is 10. The van der Waals surface area contributed by atoms with E-state index in [2.05, 4.69) is 24.3 Å². The van der Waals surface area contributed by atoms with Crippen LogP contribution in [0, 0.1) is 0 Å². The van der Waals surface area contributed by atoms with E-state index >= 15 is 0 Å². The topological polar surface area (TPSA) is 83.5 Å². The van der Waals surface area contributed by atoms with Gasteiger partial charge in [0.2, 0.25) is 0 Å². The highest BCUT2D eigenvalue weighted by molar-refractivity contribution is 7.78. The summed E-state index contributed by atoms with van der Waals surface area (Å²) in [6.45, 7) is 8.15. The van der Waals surface area contributed by atoms with Crippen molar-refractivity contribution in [3.05, 3.63) is 59.7 Å². The van der Waals surface area contributed by atoms with Gasteiger partial charge in [0.05, 0.1) is 51.3 Å². The molecule has 0 radical (unpaired) electrons. The third-order valence-corrected chi connectivity index (χ3v) is 6.92. The second-order valence-electron chi connectivity index (χ2n) is 9.43. The molecule has 1 amide bonds. The van der Waals surface area contributed by atoms with Crippen molar-refractivity contribution in [3.63, 3.8) is 0 Å². The molecule has 2 aromatic rings. The van der Waals surface area contributed by atoms with Crippen molar-refractivity contribution in [2.24, 2.45) is 0 Å². The maximum Gasteiger partial charge on any atom is 0.423 e. The van der Waals surface area contributed by atoms with Crippen molar-refractivity contribution in [1.29, 1.82) is 0 Å². The van der Waals surface area contributed by atoms with E-state index in [1.807, 2.05) is 45.0 Å². The van der Waals surface area contributed by atoms with Crippen LogP contribution < -0.4 is 0 Å². The SMILES string of the molecule is CC(C)(C)OCCOCCOC[C@H]1COS(=O)N1C(=O)OCC1c2ccccc2-c2ccccc21. The Morgan fingerprint density at radius 2 is 1.54 bits per heavy atom. The van der Waals surface area contributed by atoms with Crippen LogP contribution in [0.5, 0.6) is 0 Å². The van der Waals surface area contributed by atoms with Crippen LogP contribution in [0.4, 0.5) is 4.79 Å². The fourth-order valence-corrected chi connectivity index (χ4v) is 5.14. The van der Waals surface area contributed by atoms with Gasteiger partial charge in [-0.05, 0) is 43.0 Å². The number of fused-ring (bicyclic) bond motifs is 3. The lowest BCUT2D eigenvalue weighted by atomic mass is 9.98. The molecule has 1 unspecified atom stereocenters. The molecular weight excluding hydrogens is 470 g/mol. The predicted octanol–water partition coefficient (Wildman–Crippen LogP) is 4.06. The lowest BCUT2D eigenvalue weighted by molar-refractivity contribution is -0.0439. The molecule has 0 spiro atoms. The number of hydrogen-bond donors (Lipinski definition) is 0. The first-order valence-electron chi connectivity index (χ1n) is 11.8. The third-order valence-electron chi connectivity index (χ3n) is 5.81. The van der Waals surface area contributed by atoms with Crippen molar-refractivity contribution >= 4 is 17.4 Å². The zero-order chi connectivity index (χ0) is 24.8. The number of hydrogen-bond acceptors (Lipinski definition) is 7. The van der Waals surface area contributed by atoms with E-state index in [1.54, 1.807) is 0 Å². The fourth-order valence-electron chi connectivity index (χ4n) is 4.21. The Kier molecular flexibility index (Phi) is 8.56. The van der Waals surface area contributed by atoms with Crippen molar-refractivity contribution in [1.82, 2.24) is 4.31 Å². The summed E-state index contributed by atoms with van der Waals surface area (Å²) < 4.78 is 41.0. The van der Waals surface area contributed by atoms with Gasteiger partial charge >= 0.3 is 6.09 Å². The quantitative estimate of drug-likeness (QED) is 0.452. The zero-order valence-corrected chi connectivity index (χ0v) is 21.3. The molecule has 35 heavy (non-hydrogen) atoms. The van der Waals surface area contributed by atoms with Gasteiger partial charge < -0.3 is 18.9 Å². The summed E-state index contributed by atoms with van der Waals surface area (Å²) in [6, 6.07) is 15.7. The van der Waals surface area contributed by atoms with Crippen LogP contribution >= 0.6 is 0 Å². The molecule has 8 nitrogen and oxygen atoms in total.